The summed E-state index contributed by atoms with van der Waals surface area (Å²) < 4.78 is 6.87. The molecule has 0 amide bonds. The minimum absolute atomic E-state index is 0.630. The maximum absolute atomic E-state index is 5.06. The Labute approximate surface area is 113 Å². The fourth-order valence-electron chi connectivity index (χ4n) is 2.20. The molecule has 0 aromatic carbocycles. The standard InChI is InChI=1S/C12H22N6O/c1-3-4-16-5-7-17(8-6-16)11-12-13-14-15-18(12)9-10-19-2/h3H,1,4-11H2,2H3. The first-order valence-corrected chi connectivity index (χ1v) is 6.63. The molecule has 1 fully saturated rings. The molecule has 7 heteroatoms. The summed E-state index contributed by atoms with van der Waals surface area (Å²) in [5.41, 5.74) is 0. The zero-order chi connectivity index (χ0) is 13.5. The Bertz CT molecular complexity index is 385. The topological polar surface area (TPSA) is 59.3 Å². The highest BCUT2D eigenvalue weighted by Crippen LogP contribution is 2.06. The molecule has 0 spiro atoms. The van der Waals surface area contributed by atoms with Crippen LogP contribution in [-0.4, -0.2) is 76.4 Å². The minimum Gasteiger partial charge on any atom is -0.383 e. The number of tetrazole rings is 1. The Morgan fingerprint density at radius 1 is 1.26 bits per heavy atom. The Balaban J connectivity index is 1.82. The molecule has 0 radical (unpaired) electrons. The SMILES string of the molecule is C=CCN1CCN(Cc2nnnn2CCOC)CC1. The molecule has 19 heavy (non-hydrogen) atoms. The zero-order valence-electron chi connectivity index (χ0n) is 11.5. The predicted octanol–water partition coefficient (Wildman–Crippen LogP) is -0.377. The lowest BCUT2D eigenvalue weighted by molar-refractivity contribution is 0.131. The molecule has 2 heterocycles. The molecular weight excluding hydrogens is 244 g/mol. The van der Waals surface area contributed by atoms with Gasteiger partial charge in [-0.05, 0) is 10.4 Å². The van der Waals surface area contributed by atoms with Gasteiger partial charge in [0.1, 0.15) is 0 Å². The quantitative estimate of drug-likeness (QED) is 0.627. The van der Waals surface area contributed by atoms with E-state index in [4.69, 9.17) is 4.74 Å². The highest BCUT2D eigenvalue weighted by Gasteiger charge is 2.18. The van der Waals surface area contributed by atoms with E-state index < -0.39 is 0 Å². The van der Waals surface area contributed by atoms with Crippen molar-refractivity contribution < 1.29 is 4.74 Å². The van der Waals surface area contributed by atoms with Crippen LogP contribution in [0.25, 0.3) is 0 Å². The number of nitrogens with zero attached hydrogens (tertiary/aromatic N) is 6. The molecule has 0 saturated carbocycles. The molecule has 0 N–H and O–H groups in total. The summed E-state index contributed by atoms with van der Waals surface area (Å²) in [6, 6.07) is 0. The first-order chi connectivity index (χ1) is 9.33. The van der Waals surface area contributed by atoms with Crippen molar-refractivity contribution in [3.63, 3.8) is 0 Å². The van der Waals surface area contributed by atoms with Crippen LogP contribution in [0, 0.1) is 0 Å². The van der Waals surface area contributed by atoms with Gasteiger partial charge in [0.05, 0.1) is 19.7 Å². The molecule has 106 valence electrons. The van der Waals surface area contributed by atoms with Crippen LogP contribution in [0.5, 0.6) is 0 Å². The number of aromatic nitrogens is 4. The Kier molecular flexibility index (Phi) is 5.44. The molecule has 1 aliphatic heterocycles. The second-order valence-corrected chi connectivity index (χ2v) is 4.68. The average Bonchev–Trinajstić information content (AvgIpc) is 2.86. The van der Waals surface area contributed by atoms with E-state index in [-0.39, 0.29) is 0 Å². The van der Waals surface area contributed by atoms with Gasteiger partial charge in [-0.2, -0.15) is 0 Å². The van der Waals surface area contributed by atoms with Crippen LogP contribution in [0.15, 0.2) is 12.7 Å². The molecular formula is C12H22N6O. The Morgan fingerprint density at radius 3 is 2.68 bits per heavy atom. The fraction of sp³-hybridized carbons (Fsp3) is 0.750. The highest BCUT2D eigenvalue weighted by molar-refractivity contribution is 4.85. The molecule has 0 unspecified atom stereocenters. The smallest absolute Gasteiger partial charge is 0.165 e. The lowest BCUT2D eigenvalue weighted by Crippen LogP contribution is -2.46. The number of ether oxygens (including phenoxy) is 1. The van der Waals surface area contributed by atoms with E-state index in [9.17, 15) is 0 Å². The summed E-state index contributed by atoms with van der Waals surface area (Å²) in [5.74, 6) is 0.911. The van der Waals surface area contributed by atoms with Crippen molar-refractivity contribution in [3.05, 3.63) is 18.5 Å². The summed E-state index contributed by atoms with van der Waals surface area (Å²) in [5, 5.41) is 11.8. The van der Waals surface area contributed by atoms with Gasteiger partial charge < -0.3 is 4.74 Å². The summed E-state index contributed by atoms with van der Waals surface area (Å²) in [4.78, 5) is 4.78. The third kappa shape index (κ3) is 4.09. The molecule has 1 saturated heterocycles. The fourth-order valence-corrected chi connectivity index (χ4v) is 2.20. The van der Waals surface area contributed by atoms with Crippen molar-refractivity contribution in [2.24, 2.45) is 0 Å². The molecule has 0 atom stereocenters. The predicted molar refractivity (Wildman–Crippen MR) is 71.6 cm³/mol. The molecule has 2 rings (SSSR count). The first-order valence-electron chi connectivity index (χ1n) is 6.63. The number of piperazine rings is 1. The van der Waals surface area contributed by atoms with Gasteiger partial charge in [-0.25, -0.2) is 4.68 Å². The van der Waals surface area contributed by atoms with Gasteiger partial charge >= 0.3 is 0 Å². The van der Waals surface area contributed by atoms with E-state index in [0.29, 0.717) is 13.2 Å². The van der Waals surface area contributed by atoms with Crippen molar-refractivity contribution in [3.8, 4) is 0 Å². The average molecular weight is 266 g/mol. The van der Waals surface area contributed by atoms with E-state index in [1.165, 1.54) is 0 Å². The van der Waals surface area contributed by atoms with Gasteiger partial charge in [-0.1, -0.05) is 6.08 Å². The largest absolute Gasteiger partial charge is 0.383 e. The van der Waals surface area contributed by atoms with E-state index >= 15 is 0 Å². The summed E-state index contributed by atoms with van der Waals surface area (Å²) >= 11 is 0. The van der Waals surface area contributed by atoms with E-state index in [2.05, 4.69) is 31.9 Å². The van der Waals surface area contributed by atoms with E-state index in [0.717, 1.165) is 45.1 Å². The minimum atomic E-state index is 0.630. The zero-order valence-corrected chi connectivity index (χ0v) is 11.5. The van der Waals surface area contributed by atoms with Crippen LogP contribution in [0.4, 0.5) is 0 Å². The maximum Gasteiger partial charge on any atom is 0.165 e. The number of rotatable bonds is 7. The molecule has 0 aliphatic carbocycles. The van der Waals surface area contributed by atoms with Crippen molar-refractivity contribution >= 4 is 0 Å². The summed E-state index contributed by atoms with van der Waals surface area (Å²) in [6.07, 6.45) is 1.96. The third-order valence-corrected chi connectivity index (χ3v) is 3.33. The first kappa shape index (κ1) is 14.1. The second kappa shape index (κ2) is 7.32. The van der Waals surface area contributed by atoms with E-state index in [1.54, 1.807) is 7.11 Å². The van der Waals surface area contributed by atoms with Gasteiger partial charge in [0.15, 0.2) is 5.82 Å². The number of hydrogen-bond donors (Lipinski definition) is 0. The van der Waals surface area contributed by atoms with Gasteiger partial charge in [-0.3, -0.25) is 9.80 Å². The van der Waals surface area contributed by atoms with Crippen molar-refractivity contribution in [2.75, 3.05) is 46.4 Å². The Morgan fingerprint density at radius 2 is 2.00 bits per heavy atom. The maximum atomic E-state index is 5.06. The summed E-state index contributed by atoms with van der Waals surface area (Å²) in [7, 11) is 1.68. The second-order valence-electron chi connectivity index (χ2n) is 4.68. The van der Waals surface area contributed by atoms with Gasteiger partial charge in [-0.15, -0.1) is 11.7 Å². The lowest BCUT2D eigenvalue weighted by Gasteiger charge is -2.33. The van der Waals surface area contributed by atoms with Crippen LogP contribution in [-0.2, 0) is 17.8 Å². The van der Waals surface area contributed by atoms with Crippen LogP contribution in [0.1, 0.15) is 5.82 Å². The van der Waals surface area contributed by atoms with Gasteiger partial charge in [0.25, 0.3) is 0 Å². The van der Waals surface area contributed by atoms with Gasteiger partial charge in [0, 0.05) is 39.8 Å². The van der Waals surface area contributed by atoms with Crippen LogP contribution < -0.4 is 0 Å². The van der Waals surface area contributed by atoms with Crippen LogP contribution in [0.3, 0.4) is 0 Å². The van der Waals surface area contributed by atoms with Crippen LogP contribution >= 0.6 is 0 Å². The number of hydrogen-bond acceptors (Lipinski definition) is 6. The molecule has 0 bridgehead atoms. The number of methoxy groups -OCH3 is 1. The third-order valence-electron chi connectivity index (χ3n) is 3.33. The summed E-state index contributed by atoms with van der Waals surface area (Å²) in [6.45, 7) is 11.1. The Hall–Kier alpha value is -1.31. The van der Waals surface area contributed by atoms with E-state index in [1.807, 2.05) is 10.8 Å². The monoisotopic (exact) mass is 266 g/mol. The van der Waals surface area contributed by atoms with Gasteiger partial charge in [0.2, 0.25) is 0 Å². The lowest BCUT2D eigenvalue weighted by atomic mass is 10.3. The molecule has 7 nitrogen and oxygen atoms in total. The van der Waals surface area contributed by atoms with Crippen LogP contribution in [0.2, 0.25) is 0 Å². The normalized spacial score (nSPS) is 17.7. The molecule has 1 aliphatic rings. The highest BCUT2D eigenvalue weighted by atomic mass is 16.5. The van der Waals surface area contributed by atoms with Crippen molar-refractivity contribution in [2.45, 2.75) is 13.1 Å². The molecule has 1 aromatic heterocycles. The van der Waals surface area contributed by atoms with Crippen molar-refractivity contribution in [1.82, 2.24) is 30.0 Å². The van der Waals surface area contributed by atoms with Crippen molar-refractivity contribution in [1.29, 1.82) is 0 Å². The molecule has 1 aromatic rings.